The normalized spacial score (nSPS) is 9.89. The molecule has 0 bridgehead atoms. The van der Waals surface area contributed by atoms with Crippen molar-refractivity contribution in [3.8, 4) is 0 Å². The van der Waals surface area contributed by atoms with Gasteiger partial charge in [-0.1, -0.05) is 23.8 Å². The molecule has 0 aliphatic heterocycles. The Morgan fingerprint density at radius 3 is 1.89 bits per heavy atom. The van der Waals surface area contributed by atoms with Crippen LogP contribution in [-0.2, 0) is 16.0 Å². The number of aliphatic carboxylic acids is 1. The molecule has 0 aliphatic rings. The maximum Gasteiger partial charge on any atom is 1.00 e. The number of carboxylic acid groups (broad SMARTS) is 1. The minimum atomic E-state index is -1.32. The van der Waals surface area contributed by atoms with Gasteiger partial charge < -0.3 is 20.0 Å². The van der Waals surface area contributed by atoms with Gasteiger partial charge in [0.1, 0.15) is 23.2 Å². The number of halogens is 2. The molecule has 0 radical (unpaired) electrons. The van der Waals surface area contributed by atoms with Crippen molar-refractivity contribution >= 4 is 24.4 Å². The van der Waals surface area contributed by atoms with Crippen LogP contribution in [0, 0.1) is 32.4 Å². The molecule has 37 heavy (non-hydrogen) atoms. The second kappa shape index (κ2) is 17.9. The maximum absolute atomic E-state index is 13.6. The van der Waals surface area contributed by atoms with Crippen molar-refractivity contribution in [3.05, 3.63) is 127 Å². The predicted octanol–water partition coefficient (Wildman–Crippen LogP) is -1.81. The molecule has 3 aromatic carbocycles. The largest absolute Gasteiger partial charge is 1.00 e. The molecular weight excluding hydrogens is 470 g/mol. The van der Waals surface area contributed by atoms with Crippen molar-refractivity contribution in [2.45, 2.75) is 12.5 Å². The quantitative estimate of drug-likeness (QED) is 0.183. The molecule has 0 unspecified atom stereocenters. The van der Waals surface area contributed by atoms with E-state index in [1.807, 2.05) is 6.07 Å². The topological polar surface area (TPSA) is 101 Å². The number of nitrogens with one attached hydrogen (secondary N) is 1. The van der Waals surface area contributed by atoms with E-state index in [4.69, 9.17) is 4.79 Å². The zero-order valence-electron chi connectivity index (χ0n) is 20.7. The third-order valence-corrected chi connectivity index (χ3v) is 4.54. The summed E-state index contributed by atoms with van der Waals surface area (Å²) >= 11 is 0. The van der Waals surface area contributed by atoms with Crippen LogP contribution in [-0.4, -0.2) is 35.6 Å². The molecule has 0 saturated heterocycles. The number of ketones is 1. The summed E-state index contributed by atoms with van der Waals surface area (Å²) in [5, 5.41) is 11.4. The number of carboxylic acids is 1. The Morgan fingerprint density at radius 1 is 0.892 bits per heavy atom. The van der Waals surface area contributed by atoms with Gasteiger partial charge >= 0.3 is 43.7 Å². The SMILES string of the molecule is [CH-]=O.[CH2-]C(=O)c1ccccc1[CH2-].[CH2-]c1cccc(C[C@H](NC(=O)c2c(F)cccc2F)C(=O)O)c1.[Li+].[Li+]. The Balaban J connectivity index is 0. The smallest absolute Gasteiger partial charge is 0.545 e. The molecule has 0 aliphatic carbocycles. The number of hydrogen-bond donors (Lipinski definition) is 2. The summed E-state index contributed by atoms with van der Waals surface area (Å²) in [4.78, 5) is 41.8. The van der Waals surface area contributed by atoms with Crippen LogP contribution in [0.25, 0.3) is 0 Å². The molecule has 1 atom stereocenters. The first-order valence-electron chi connectivity index (χ1n) is 9.99. The minimum absolute atomic E-state index is 0. The number of amides is 1. The van der Waals surface area contributed by atoms with Crippen LogP contribution < -0.4 is 43.0 Å². The third kappa shape index (κ3) is 11.5. The van der Waals surface area contributed by atoms with E-state index in [0.29, 0.717) is 16.7 Å². The molecule has 0 saturated carbocycles. The molecule has 3 aromatic rings. The number of carbonyl (C=O) groups is 3. The average molecular weight is 493 g/mol. The summed E-state index contributed by atoms with van der Waals surface area (Å²) in [5.74, 6) is -4.69. The summed E-state index contributed by atoms with van der Waals surface area (Å²) in [6, 6.07) is 15.6. The first kappa shape index (κ1) is 35.8. The molecule has 6 nitrogen and oxygen atoms in total. The second-order valence-corrected chi connectivity index (χ2v) is 7.07. The first-order valence-corrected chi connectivity index (χ1v) is 9.99. The van der Waals surface area contributed by atoms with Crippen molar-refractivity contribution in [2.24, 2.45) is 0 Å². The summed E-state index contributed by atoms with van der Waals surface area (Å²) in [6.07, 6.45) is -0.0273. The number of rotatable bonds is 6. The summed E-state index contributed by atoms with van der Waals surface area (Å²) in [6.45, 7) is 14.0. The van der Waals surface area contributed by atoms with Gasteiger partial charge in [0.15, 0.2) is 0 Å². The van der Waals surface area contributed by atoms with E-state index in [2.05, 4.69) is 32.9 Å². The van der Waals surface area contributed by atoms with Crippen molar-refractivity contribution < 1.29 is 70.8 Å². The van der Waals surface area contributed by atoms with E-state index >= 15 is 0 Å². The Morgan fingerprint density at radius 2 is 1.43 bits per heavy atom. The molecule has 1 amide bonds. The summed E-state index contributed by atoms with van der Waals surface area (Å²) in [5.41, 5.74) is 1.87. The van der Waals surface area contributed by atoms with Gasteiger partial charge in [0.2, 0.25) is 0 Å². The van der Waals surface area contributed by atoms with Crippen LogP contribution in [0.4, 0.5) is 8.78 Å². The molecule has 2 N–H and O–H groups in total. The fourth-order valence-corrected chi connectivity index (χ4v) is 2.93. The second-order valence-electron chi connectivity index (χ2n) is 7.07. The average Bonchev–Trinajstić information content (AvgIpc) is 2.80. The molecule has 0 aromatic heterocycles. The van der Waals surface area contributed by atoms with Crippen LogP contribution in [0.2, 0.25) is 0 Å². The van der Waals surface area contributed by atoms with Crippen LogP contribution in [0.3, 0.4) is 0 Å². The zero-order chi connectivity index (χ0) is 26.5. The van der Waals surface area contributed by atoms with Gasteiger partial charge in [-0.2, -0.15) is 50.1 Å². The van der Waals surface area contributed by atoms with Crippen LogP contribution in [0.15, 0.2) is 66.7 Å². The van der Waals surface area contributed by atoms with Gasteiger partial charge in [-0.15, -0.1) is 23.8 Å². The molecule has 0 heterocycles. The van der Waals surface area contributed by atoms with E-state index < -0.39 is 35.1 Å². The van der Waals surface area contributed by atoms with Gasteiger partial charge in [0.25, 0.3) is 5.91 Å². The van der Waals surface area contributed by atoms with Crippen molar-refractivity contribution in [2.75, 3.05) is 0 Å². The molecule has 0 fully saturated rings. The molecule has 10 heteroatoms. The number of benzene rings is 3. The summed E-state index contributed by atoms with van der Waals surface area (Å²) < 4.78 is 27.2. The molecule has 3 rings (SSSR count). The van der Waals surface area contributed by atoms with E-state index in [0.717, 1.165) is 23.8 Å². The summed E-state index contributed by atoms with van der Waals surface area (Å²) in [7, 11) is 0. The van der Waals surface area contributed by atoms with E-state index in [1.165, 1.54) is 0 Å². The Hall–Kier alpha value is -3.40. The van der Waals surface area contributed by atoms with Gasteiger partial charge in [0, 0.05) is 5.78 Å². The van der Waals surface area contributed by atoms with E-state index in [9.17, 15) is 28.3 Å². The molecule has 184 valence electrons. The minimum Gasteiger partial charge on any atom is -0.545 e. The number of hydrogen-bond acceptors (Lipinski definition) is 4. The van der Waals surface area contributed by atoms with Crippen LogP contribution in [0.5, 0.6) is 0 Å². The monoisotopic (exact) mass is 493 g/mol. The van der Waals surface area contributed by atoms with Crippen molar-refractivity contribution in [3.63, 3.8) is 0 Å². The Labute approximate surface area is 239 Å². The van der Waals surface area contributed by atoms with Crippen molar-refractivity contribution in [1.29, 1.82) is 0 Å². The van der Waals surface area contributed by atoms with Gasteiger partial charge in [-0.3, -0.25) is 11.6 Å². The molecular formula is C27H23F2Li2NO5-2. The maximum atomic E-state index is 13.6. The van der Waals surface area contributed by atoms with Crippen LogP contribution >= 0.6 is 0 Å². The van der Waals surface area contributed by atoms with Gasteiger partial charge in [-0.25, -0.2) is 13.6 Å². The molecule has 0 spiro atoms. The third-order valence-electron chi connectivity index (χ3n) is 4.54. The van der Waals surface area contributed by atoms with Gasteiger partial charge in [-0.05, 0) is 18.6 Å². The first-order chi connectivity index (χ1) is 16.6. The number of carbonyl (C=O) groups excluding carboxylic acids is 3. The van der Waals surface area contributed by atoms with E-state index in [-0.39, 0.29) is 49.9 Å². The van der Waals surface area contributed by atoms with Crippen molar-refractivity contribution in [1.82, 2.24) is 5.32 Å². The Bertz CT molecular complexity index is 1170. The zero-order valence-corrected chi connectivity index (χ0v) is 20.7. The fourth-order valence-electron chi connectivity index (χ4n) is 2.93. The van der Waals surface area contributed by atoms with Gasteiger partial charge in [0.05, 0.1) is 0 Å². The fraction of sp³-hybridized carbons (Fsp3) is 0.0741. The Kier molecular flexibility index (Phi) is 17.3. The predicted molar refractivity (Wildman–Crippen MR) is 127 cm³/mol. The standard InChI is InChI=1S/C17H14F2NO3.C9H8O.CHO.2Li/c1-10-4-2-5-11(8-10)9-14(17(22)23)20-16(21)15-12(18)6-3-7-13(15)19;1-7-5-3-4-6-9(7)8(2)10;1-2;;/h2-8,14H,1,9H2,(H,20,21)(H,22,23);3-6H,1-2H2;1H;;/q-1;-2;-1;2*+1/t14-;;;;/m0..../s1. The van der Waals surface area contributed by atoms with E-state index in [1.54, 1.807) is 42.5 Å². The van der Waals surface area contributed by atoms with Crippen LogP contribution in [0.1, 0.15) is 37.4 Å². The number of Topliss-reactive ketones (excluding diaryl/α,β-unsaturated/α-hetero) is 1.